The minimum atomic E-state index is 0.0537. The molecule has 0 aromatic heterocycles. The van der Waals surface area contributed by atoms with Crippen molar-refractivity contribution in [3.63, 3.8) is 0 Å². The molecule has 0 aromatic carbocycles. The molecule has 0 bridgehead atoms. The number of likely N-dealkylation sites (N-methyl/N-ethyl adjacent to an activating group) is 1. The number of nitrogens with one attached hydrogen (secondary N) is 1. The summed E-state index contributed by atoms with van der Waals surface area (Å²) in [6.45, 7) is 6.92. The highest BCUT2D eigenvalue weighted by Gasteiger charge is 2.24. The smallest absolute Gasteiger partial charge is 0.224 e. The zero-order valence-corrected chi connectivity index (χ0v) is 12.7. The number of carbonyl (C=O) groups excluding carboxylic acids is 2. The predicted molar refractivity (Wildman–Crippen MR) is 76.6 cm³/mol. The van der Waals surface area contributed by atoms with Crippen LogP contribution >= 0.6 is 0 Å². The molecule has 1 N–H and O–H groups in total. The van der Waals surface area contributed by atoms with Gasteiger partial charge in [-0.25, -0.2) is 0 Å². The fourth-order valence-electron chi connectivity index (χ4n) is 2.38. The van der Waals surface area contributed by atoms with E-state index in [4.69, 9.17) is 0 Å². The maximum Gasteiger partial charge on any atom is 0.224 e. The maximum absolute atomic E-state index is 12.0. The molecule has 1 aliphatic carbocycles. The van der Waals surface area contributed by atoms with Crippen molar-refractivity contribution in [1.29, 1.82) is 0 Å². The van der Waals surface area contributed by atoms with Gasteiger partial charge in [0.25, 0.3) is 0 Å². The Morgan fingerprint density at radius 2 is 1.79 bits per heavy atom. The number of hydrogen-bond donors (Lipinski definition) is 1. The zero-order valence-electron chi connectivity index (χ0n) is 12.7. The minimum absolute atomic E-state index is 0.0537. The monoisotopic (exact) mass is 268 g/mol. The summed E-state index contributed by atoms with van der Waals surface area (Å²) in [5.41, 5.74) is 0. The summed E-state index contributed by atoms with van der Waals surface area (Å²) in [6, 6.07) is 0. The number of Topliss-reactive ketones (excluding diaryl/α,β-unsaturated/α-hetero) is 1. The van der Waals surface area contributed by atoms with E-state index in [2.05, 4.69) is 12.2 Å². The van der Waals surface area contributed by atoms with Crippen LogP contribution in [0.15, 0.2) is 0 Å². The highest BCUT2D eigenvalue weighted by Crippen LogP contribution is 2.28. The first-order valence-electron chi connectivity index (χ1n) is 7.39. The number of amides is 1. The average molecular weight is 268 g/mol. The van der Waals surface area contributed by atoms with E-state index in [0.717, 1.165) is 31.6 Å². The SMILES string of the molecule is CC1CCC(C(=O)NCN(C)CC(=O)C(C)C)CC1. The predicted octanol–water partition coefficient (Wildman–Crippen LogP) is 2.04. The Morgan fingerprint density at radius 3 is 2.32 bits per heavy atom. The Kier molecular flexibility index (Phi) is 6.49. The van der Waals surface area contributed by atoms with Gasteiger partial charge in [0.1, 0.15) is 5.78 Å². The van der Waals surface area contributed by atoms with Crippen molar-refractivity contribution in [3.8, 4) is 0 Å². The van der Waals surface area contributed by atoms with E-state index in [0.29, 0.717) is 13.2 Å². The van der Waals surface area contributed by atoms with Gasteiger partial charge in [-0.15, -0.1) is 0 Å². The summed E-state index contributed by atoms with van der Waals surface area (Å²) in [4.78, 5) is 25.5. The molecule has 1 aliphatic rings. The largest absolute Gasteiger partial charge is 0.343 e. The second-order valence-electron chi connectivity index (χ2n) is 6.29. The van der Waals surface area contributed by atoms with E-state index in [1.165, 1.54) is 0 Å². The van der Waals surface area contributed by atoms with Gasteiger partial charge >= 0.3 is 0 Å². The Morgan fingerprint density at radius 1 is 1.21 bits per heavy atom. The van der Waals surface area contributed by atoms with Crippen molar-refractivity contribution in [2.45, 2.75) is 46.5 Å². The lowest BCUT2D eigenvalue weighted by atomic mass is 9.82. The summed E-state index contributed by atoms with van der Waals surface area (Å²) >= 11 is 0. The van der Waals surface area contributed by atoms with Crippen molar-refractivity contribution in [1.82, 2.24) is 10.2 Å². The van der Waals surface area contributed by atoms with E-state index in [1.54, 1.807) is 0 Å². The summed E-state index contributed by atoms with van der Waals surface area (Å²) in [5.74, 6) is 1.35. The van der Waals surface area contributed by atoms with Crippen LogP contribution < -0.4 is 5.32 Å². The molecule has 0 unspecified atom stereocenters. The van der Waals surface area contributed by atoms with Gasteiger partial charge in [-0.3, -0.25) is 14.5 Å². The lowest BCUT2D eigenvalue weighted by molar-refractivity contribution is -0.128. The molecule has 110 valence electrons. The van der Waals surface area contributed by atoms with Gasteiger partial charge in [0.2, 0.25) is 5.91 Å². The van der Waals surface area contributed by atoms with Gasteiger partial charge in [-0.2, -0.15) is 0 Å². The molecule has 0 aliphatic heterocycles. The van der Waals surface area contributed by atoms with E-state index < -0.39 is 0 Å². The summed E-state index contributed by atoms with van der Waals surface area (Å²) in [5, 5.41) is 2.95. The molecule has 0 aromatic rings. The van der Waals surface area contributed by atoms with Crippen LogP contribution in [0.25, 0.3) is 0 Å². The van der Waals surface area contributed by atoms with Crippen molar-refractivity contribution in [2.75, 3.05) is 20.3 Å². The van der Waals surface area contributed by atoms with Gasteiger partial charge < -0.3 is 5.32 Å². The quantitative estimate of drug-likeness (QED) is 0.750. The molecule has 0 saturated heterocycles. The van der Waals surface area contributed by atoms with Gasteiger partial charge in [-0.1, -0.05) is 20.8 Å². The van der Waals surface area contributed by atoms with Crippen molar-refractivity contribution in [3.05, 3.63) is 0 Å². The summed E-state index contributed by atoms with van der Waals surface area (Å²) < 4.78 is 0. The second kappa shape index (κ2) is 7.63. The average Bonchev–Trinajstić information content (AvgIpc) is 2.36. The third kappa shape index (κ3) is 5.72. The second-order valence-corrected chi connectivity index (χ2v) is 6.29. The Bertz CT molecular complexity index is 307. The Balaban J connectivity index is 2.24. The topological polar surface area (TPSA) is 49.4 Å². The highest BCUT2D eigenvalue weighted by molar-refractivity contribution is 5.82. The standard InChI is InChI=1S/C15H28N2O2/c1-11(2)14(18)9-17(4)10-16-15(19)13-7-5-12(3)6-8-13/h11-13H,5-10H2,1-4H3,(H,16,19). The van der Waals surface area contributed by atoms with Crippen LogP contribution in [0.1, 0.15) is 46.5 Å². The van der Waals surface area contributed by atoms with Crippen LogP contribution in [0.3, 0.4) is 0 Å². The minimum Gasteiger partial charge on any atom is -0.343 e. The normalized spacial score (nSPS) is 23.7. The summed E-state index contributed by atoms with van der Waals surface area (Å²) in [7, 11) is 1.86. The molecule has 1 fully saturated rings. The van der Waals surface area contributed by atoms with Crippen LogP contribution in [-0.2, 0) is 9.59 Å². The first kappa shape index (κ1) is 16.2. The van der Waals surface area contributed by atoms with Gasteiger partial charge in [0.15, 0.2) is 0 Å². The molecule has 1 rings (SSSR count). The zero-order chi connectivity index (χ0) is 14.4. The van der Waals surface area contributed by atoms with E-state index in [1.807, 2.05) is 25.8 Å². The Labute approximate surface area is 116 Å². The molecule has 0 radical (unpaired) electrons. The first-order chi connectivity index (χ1) is 8.90. The van der Waals surface area contributed by atoms with Gasteiger partial charge in [0, 0.05) is 11.8 Å². The van der Waals surface area contributed by atoms with E-state index >= 15 is 0 Å². The van der Waals surface area contributed by atoms with Crippen molar-refractivity contribution >= 4 is 11.7 Å². The van der Waals surface area contributed by atoms with Crippen LogP contribution in [-0.4, -0.2) is 36.9 Å². The molecule has 4 nitrogen and oxygen atoms in total. The van der Waals surface area contributed by atoms with Crippen LogP contribution in [0.2, 0.25) is 0 Å². The highest BCUT2D eigenvalue weighted by atomic mass is 16.2. The molecule has 19 heavy (non-hydrogen) atoms. The van der Waals surface area contributed by atoms with Crippen LogP contribution in [0, 0.1) is 17.8 Å². The van der Waals surface area contributed by atoms with E-state index in [-0.39, 0.29) is 23.5 Å². The molecule has 4 heteroatoms. The summed E-state index contributed by atoms with van der Waals surface area (Å²) in [6.07, 6.45) is 4.31. The molecule has 0 spiro atoms. The molecule has 1 amide bonds. The molecular formula is C15H28N2O2. The lowest BCUT2D eigenvalue weighted by Crippen LogP contribution is -2.41. The van der Waals surface area contributed by atoms with Crippen molar-refractivity contribution in [2.24, 2.45) is 17.8 Å². The number of hydrogen-bond acceptors (Lipinski definition) is 3. The fraction of sp³-hybridized carbons (Fsp3) is 0.867. The number of ketones is 1. The third-order valence-electron chi connectivity index (χ3n) is 3.98. The van der Waals surface area contributed by atoms with Gasteiger partial charge in [0.05, 0.1) is 13.2 Å². The number of nitrogens with zero attached hydrogens (tertiary/aromatic N) is 1. The molecule has 1 saturated carbocycles. The van der Waals surface area contributed by atoms with Gasteiger partial charge in [-0.05, 0) is 38.6 Å². The van der Waals surface area contributed by atoms with Crippen molar-refractivity contribution < 1.29 is 9.59 Å². The van der Waals surface area contributed by atoms with E-state index in [9.17, 15) is 9.59 Å². The maximum atomic E-state index is 12.0. The molecular weight excluding hydrogens is 240 g/mol. The van der Waals surface area contributed by atoms with Crippen LogP contribution in [0.4, 0.5) is 0 Å². The molecule has 0 heterocycles. The first-order valence-corrected chi connectivity index (χ1v) is 7.39. The van der Waals surface area contributed by atoms with Crippen LogP contribution in [0.5, 0.6) is 0 Å². The third-order valence-corrected chi connectivity index (χ3v) is 3.98. The Hall–Kier alpha value is -0.900. The number of rotatable bonds is 6. The lowest BCUT2D eigenvalue weighted by Gasteiger charge is -2.26. The molecule has 0 atom stereocenters. The number of carbonyl (C=O) groups is 2. The fourth-order valence-corrected chi connectivity index (χ4v) is 2.38.